The third-order valence-electron chi connectivity index (χ3n) is 2.10. The number of esters is 1. The highest BCUT2D eigenvalue weighted by Gasteiger charge is 2.10. The second-order valence-electron chi connectivity index (χ2n) is 3.68. The predicted molar refractivity (Wildman–Crippen MR) is 62.5 cm³/mol. The van der Waals surface area contributed by atoms with Crippen LogP contribution in [0.3, 0.4) is 0 Å². The van der Waals surface area contributed by atoms with Crippen molar-refractivity contribution in [3.8, 4) is 0 Å². The Balaban J connectivity index is 2.78. The highest BCUT2D eigenvalue weighted by Crippen LogP contribution is 2.11. The van der Waals surface area contributed by atoms with Crippen molar-refractivity contribution < 1.29 is 9.53 Å². The van der Waals surface area contributed by atoms with Crippen LogP contribution in [0.25, 0.3) is 0 Å². The van der Waals surface area contributed by atoms with E-state index in [0.717, 1.165) is 0 Å². The smallest absolute Gasteiger partial charge is 0.339 e. The summed E-state index contributed by atoms with van der Waals surface area (Å²) < 4.78 is 4.64. The molecule has 1 aromatic rings. The van der Waals surface area contributed by atoms with Crippen LogP contribution in [0.5, 0.6) is 0 Å². The number of carbonyl (C=O) groups excluding carboxylic acids is 1. The molecule has 0 spiro atoms. The van der Waals surface area contributed by atoms with E-state index in [4.69, 9.17) is 5.73 Å². The van der Waals surface area contributed by atoms with Crippen molar-refractivity contribution in [2.45, 2.75) is 19.9 Å². The molecule has 0 amide bonds. The van der Waals surface area contributed by atoms with Crippen molar-refractivity contribution >= 4 is 11.8 Å². The first-order chi connectivity index (χ1) is 7.54. The zero-order valence-electron chi connectivity index (χ0n) is 9.78. The number of nitrogens with zero attached hydrogens (tertiary/aromatic N) is 1. The number of methoxy groups -OCH3 is 1. The Labute approximate surface area is 95.0 Å². The van der Waals surface area contributed by atoms with Gasteiger partial charge in [0.25, 0.3) is 0 Å². The van der Waals surface area contributed by atoms with E-state index in [0.29, 0.717) is 23.6 Å². The van der Waals surface area contributed by atoms with Crippen molar-refractivity contribution in [3.05, 3.63) is 23.4 Å². The Morgan fingerprint density at radius 2 is 2.31 bits per heavy atom. The number of hydrogen-bond acceptors (Lipinski definition) is 5. The summed E-state index contributed by atoms with van der Waals surface area (Å²) in [4.78, 5) is 15.6. The predicted octanol–water partition coefficient (Wildman–Crippen LogP) is 0.936. The average Bonchev–Trinajstić information content (AvgIpc) is 2.25. The van der Waals surface area contributed by atoms with Crippen molar-refractivity contribution in [3.63, 3.8) is 0 Å². The van der Waals surface area contributed by atoms with Crippen molar-refractivity contribution in [2.75, 3.05) is 19.0 Å². The van der Waals surface area contributed by atoms with Crippen LogP contribution in [0.1, 0.15) is 23.0 Å². The van der Waals surface area contributed by atoms with E-state index in [1.54, 1.807) is 19.1 Å². The van der Waals surface area contributed by atoms with Crippen LogP contribution >= 0.6 is 0 Å². The normalized spacial score (nSPS) is 12.0. The average molecular weight is 223 g/mol. The molecular weight excluding hydrogens is 206 g/mol. The van der Waals surface area contributed by atoms with E-state index >= 15 is 0 Å². The molecule has 5 heteroatoms. The summed E-state index contributed by atoms with van der Waals surface area (Å²) in [7, 11) is 1.35. The van der Waals surface area contributed by atoms with E-state index in [2.05, 4.69) is 15.0 Å². The summed E-state index contributed by atoms with van der Waals surface area (Å²) in [6.07, 6.45) is 0. The van der Waals surface area contributed by atoms with Gasteiger partial charge in [-0.1, -0.05) is 0 Å². The molecule has 3 N–H and O–H groups in total. The van der Waals surface area contributed by atoms with Gasteiger partial charge in [0.05, 0.1) is 18.4 Å². The number of rotatable bonds is 4. The molecule has 1 unspecified atom stereocenters. The van der Waals surface area contributed by atoms with Gasteiger partial charge in [0.1, 0.15) is 5.82 Å². The SMILES string of the molecule is COC(=O)c1ccc(NCC(C)N)nc1C. The zero-order chi connectivity index (χ0) is 12.1. The second-order valence-corrected chi connectivity index (χ2v) is 3.68. The summed E-state index contributed by atoms with van der Waals surface area (Å²) in [6, 6.07) is 3.49. The lowest BCUT2D eigenvalue weighted by atomic mass is 10.2. The molecule has 0 saturated carbocycles. The van der Waals surface area contributed by atoms with E-state index in [-0.39, 0.29) is 12.0 Å². The van der Waals surface area contributed by atoms with E-state index in [1.165, 1.54) is 7.11 Å². The third kappa shape index (κ3) is 3.20. The summed E-state index contributed by atoms with van der Waals surface area (Å²) in [5.41, 5.74) is 6.73. The minimum atomic E-state index is -0.372. The highest BCUT2D eigenvalue weighted by atomic mass is 16.5. The summed E-state index contributed by atoms with van der Waals surface area (Å²) in [6.45, 7) is 4.32. The number of nitrogens with one attached hydrogen (secondary N) is 1. The highest BCUT2D eigenvalue weighted by molar-refractivity contribution is 5.90. The monoisotopic (exact) mass is 223 g/mol. The number of carbonyl (C=O) groups is 1. The minimum Gasteiger partial charge on any atom is -0.465 e. The van der Waals surface area contributed by atoms with Gasteiger partial charge in [0.2, 0.25) is 0 Å². The van der Waals surface area contributed by atoms with Gasteiger partial charge in [0, 0.05) is 12.6 Å². The first-order valence-electron chi connectivity index (χ1n) is 5.10. The van der Waals surface area contributed by atoms with Crippen LogP contribution in [0.15, 0.2) is 12.1 Å². The van der Waals surface area contributed by atoms with E-state index in [1.807, 2.05) is 6.92 Å². The van der Waals surface area contributed by atoms with Crippen LogP contribution in [-0.2, 0) is 4.74 Å². The van der Waals surface area contributed by atoms with Crippen LogP contribution < -0.4 is 11.1 Å². The van der Waals surface area contributed by atoms with Gasteiger partial charge in [-0.15, -0.1) is 0 Å². The fourth-order valence-electron chi connectivity index (χ4n) is 1.25. The summed E-state index contributed by atoms with van der Waals surface area (Å²) in [5, 5.41) is 3.08. The fraction of sp³-hybridized carbons (Fsp3) is 0.455. The number of pyridine rings is 1. The molecule has 88 valence electrons. The molecule has 0 radical (unpaired) electrons. The Morgan fingerprint density at radius 1 is 1.62 bits per heavy atom. The molecule has 16 heavy (non-hydrogen) atoms. The molecule has 0 aliphatic rings. The Kier molecular flexibility index (Phi) is 4.25. The minimum absolute atomic E-state index is 0.0578. The zero-order valence-corrected chi connectivity index (χ0v) is 9.78. The Morgan fingerprint density at radius 3 is 2.81 bits per heavy atom. The van der Waals surface area contributed by atoms with Crippen LogP contribution in [-0.4, -0.2) is 30.6 Å². The Hall–Kier alpha value is -1.62. The molecule has 1 atom stereocenters. The van der Waals surface area contributed by atoms with Crippen LogP contribution in [0, 0.1) is 6.92 Å². The van der Waals surface area contributed by atoms with E-state index in [9.17, 15) is 4.79 Å². The number of ether oxygens (including phenoxy) is 1. The first-order valence-corrected chi connectivity index (χ1v) is 5.10. The van der Waals surface area contributed by atoms with Gasteiger partial charge in [-0.25, -0.2) is 9.78 Å². The first kappa shape index (κ1) is 12.4. The van der Waals surface area contributed by atoms with Crippen molar-refractivity contribution in [1.82, 2.24) is 4.98 Å². The number of anilines is 1. The lowest BCUT2D eigenvalue weighted by Crippen LogP contribution is -2.25. The molecule has 0 aromatic carbocycles. The molecule has 0 aliphatic carbocycles. The van der Waals surface area contributed by atoms with Gasteiger partial charge in [-0.05, 0) is 26.0 Å². The molecule has 0 bridgehead atoms. The quantitative estimate of drug-likeness (QED) is 0.743. The maximum Gasteiger partial charge on any atom is 0.339 e. The van der Waals surface area contributed by atoms with Crippen molar-refractivity contribution in [2.24, 2.45) is 5.73 Å². The number of hydrogen-bond donors (Lipinski definition) is 2. The largest absolute Gasteiger partial charge is 0.465 e. The number of aromatic nitrogens is 1. The Bertz CT molecular complexity index is 377. The molecular formula is C11H17N3O2. The van der Waals surface area contributed by atoms with Gasteiger partial charge < -0.3 is 15.8 Å². The van der Waals surface area contributed by atoms with Gasteiger partial charge in [-0.3, -0.25) is 0 Å². The van der Waals surface area contributed by atoms with E-state index < -0.39 is 0 Å². The van der Waals surface area contributed by atoms with Crippen LogP contribution in [0.4, 0.5) is 5.82 Å². The molecule has 0 saturated heterocycles. The standard InChI is InChI=1S/C11H17N3O2/c1-7(12)6-13-10-5-4-9(8(2)14-10)11(15)16-3/h4-5,7H,6,12H2,1-3H3,(H,13,14). The molecule has 5 nitrogen and oxygen atoms in total. The maximum absolute atomic E-state index is 11.3. The van der Waals surface area contributed by atoms with Crippen molar-refractivity contribution in [1.29, 1.82) is 0 Å². The molecule has 0 fully saturated rings. The molecule has 0 aliphatic heterocycles. The fourth-order valence-corrected chi connectivity index (χ4v) is 1.25. The lowest BCUT2D eigenvalue weighted by Gasteiger charge is -2.10. The molecule has 1 aromatic heterocycles. The van der Waals surface area contributed by atoms with Gasteiger partial charge in [0.15, 0.2) is 0 Å². The third-order valence-corrected chi connectivity index (χ3v) is 2.10. The van der Waals surface area contributed by atoms with Gasteiger partial charge >= 0.3 is 5.97 Å². The molecule has 1 rings (SSSR count). The number of nitrogens with two attached hydrogens (primary N) is 1. The summed E-state index contributed by atoms with van der Waals surface area (Å²) in [5.74, 6) is 0.339. The lowest BCUT2D eigenvalue weighted by molar-refractivity contribution is 0.0599. The van der Waals surface area contributed by atoms with Gasteiger partial charge in [-0.2, -0.15) is 0 Å². The second kappa shape index (κ2) is 5.46. The maximum atomic E-state index is 11.3. The number of aryl methyl sites for hydroxylation is 1. The summed E-state index contributed by atoms with van der Waals surface area (Å²) >= 11 is 0. The topological polar surface area (TPSA) is 77.2 Å². The van der Waals surface area contributed by atoms with Crippen LogP contribution in [0.2, 0.25) is 0 Å². The molecule has 1 heterocycles.